The minimum Gasteiger partial charge on any atom is -0.467 e. The van der Waals surface area contributed by atoms with E-state index in [0.717, 1.165) is 18.4 Å². The van der Waals surface area contributed by atoms with Crippen LogP contribution in [0.5, 0.6) is 5.75 Å². The van der Waals surface area contributed by atoms with Gasteiger partial charge in [-0.15, -0.1) is 24.0 Å². The highest BCUT2D eigenvalue weighted by Crippen LogP contribution is 2.29. The van der Waals surface area contributed by atoms with Gasteiger partial charge < -0.3 is 30.2 Å². The normalized spacial score (nSPS) is 17.0. The number of carbonyl (C=O) groups excluding carboxylic acids is 1. The fraction of sp³-hybridized carbons (Fsp3) is 0.579. The Labute approximate surface area is 187 Å². The number of piperidine rings is 1. The van der Waals surface area contributed by atoms with Crippen molar-refractivity contribution in [1.29, 1.82) is 0 Å². The topological polar surface area (TPSA) is 98.4 Å². The van der Waals surface area contributed by atoms with Gasteiger partial charge in [0.25, 0.3) is 0 Å². The molecule has 3 rings (SSSR count). The maximum absolute atomic E-state index is 13.8. The summed E-state index contributed by atoms with van der Waals surface area (Å²) in [5.74, 6) is 0.719. The lowest BCUT2D eigenvalue weighted by Gasteiger charge is -2.31. The largest absolute Gasteiger partial charge is 0.467 e. The van der Waals surface area contributed by atoms with Gasteiger partial charge in [-0.25, -0.2) is 9.18 Å². The Morgan fingerprint density at radius 3 is 2.90 bits per heavy atom. The number of likely N-dealkylation sites (tertiary alicyclic amines) is 1. The SMILES string of the molecule is CCOC(=O)N1CCC(NC(N)=NCCc2cc(F)cc3c2OCOC3)CC1.I. The molecule has 0 aromatic heterocycles. The van der Waals surface area contributed by atoms with Gasteiger partial charge in [0, 0.05) is 31.2 Å². The van der Waals surface area contributed by atoms with E-state index < -0.39 is 0 Å². The fourth-order valence-corrected chi connectivity index (χ4v) is 3.42. The number of nitrogens with one attached hydrogen (secondary N) is 1. The Hall–Kier alpha value is -1.82. The molecule has 0 aliphatic carbocycles. The summed E-state index contributed by atoms with van der Waals surface area (Å²) in [6.45, 7) is 4.35. The quantitative estimate of drug-likeness (QED) is 0.350. The van der Waals surface area contributed by atoms with Crippen LogP contribution in [0, 0.1) is 5.82 Å². The monoisotopic (exact) mass is 522 g/mol. The molecular weight excluding hydrogens is 494 g/mol. The predicted molar refractivity (Wildman–Crippen MR) is 117 cm³/mol. The lowest BCUT2D eigenvalue weighted by atomic mass is 10.1. The molecule has 2 aliphatic heterocycles. The molecule has 2 heterocycles. The van der Waals surface area contributed by atoms with Gasteiger partial charge >= 0.3 is 6.09 Å². The standard InChI is InChI=1S/C19H27FN4O4.HI/c1-2-27-19(25)24-7-4-16(5-8-24)23-18(21)22-6-3-13-9-15(20)10-14-11-26-12-28-17(13)14;/h9-10,16H,2-8,11-12H2,1H3,(H3,21,22,23);1H. The van der Waals surface area contributed by atoms with Gasteiger partial charge in [0.05, 0.1) is 13.2 Å². The van der Waals surface area contributed by atoms with E-state index in [-0.39, 0.29) is 48.7 Å². The van der Waals surface area contributed by atoms with Crippen LogP contribution in [-0.2, 0) is 22.5 Å². The van der Waals surface area contributed by atoms with Crippen LogP contribution in [-0.4, -0.2) is 56.0 Å². The first-order valence-electron chi connectivity index (χ1n) is 9.56. The minimum absolute atomic E-state index is 0. The third kappa shape index (κ3) is 6.59. The fourth-order valence-electron chi connectivity index (χ4n) is 3.42. The Morgan fingerprint density at radius 1 is 1.41 bits per heavy atom. The summed E-state index contributed by atoms with van der Waals surface area (Å²) in [7, 11) is 0. The molecule has 2 aliphatic rings. The van der Waals surface area contributed by atoms with E-state index in [4.69, 9.17) is 19.9 Å². The van der Waals surface area contributed by atoms with Crippen molar-refractivity contribution in [3.05, 3.63) is 29.1 Å². The molecule has 0 spiro atoms. The Balaban J connectivity index is 0.00000300. The summed E-state index contributed by atoms with van der Waals surface area (Å²) in [5.41, 5.74) is 7.46. The highest BCUT2D eigenvalue weighted by atomic mass is 127. The van der Waals surface area contributed by atoms with Crippen LogP contribution in [0.15, 0.2) is 17.1 Å². The molecule has 1 aromatic carbocycles. The van der Waals surface area contributed by atoms with Gasteiger partial charge in [-0.1, -0.05) is 0 Å². The van der Waals surface area contributed by atoms with E-state index >= 15 is 0 Å². The van der Waals surface area contributed by atoms with Crippen molar-refractivity contribution in [2.24, 2.45) is 10.7 Å². The number of hydrogen-bond acceptors (Lipinski definition) is 5. The molecule has 0 saturated carbocycles. The van der Waals surface area contributed by atoms with E-state index in [9.17, 15) is 9.18 Å². The lowest BCUT2D eigenvalue weighted by molar-refractivity contribution is -0.0172. The second kappa shape index (κ2) is 11.4. The zero-order valence-electron chi connectivity index (χ0n) is 16.5. The number of rotatable bonds is 5. The maximum atomic E-state index is 13.8. The molecule has 0 atom stereocenters. The van der Waals surface area contributed by atoms with Gasteiger partial charge in [0.2, 0.25) is 0 Å². The van der Waals surface area contributed by atoms with E-state index in [1.807, 2.05) is 0 Å². The second-order valence-corrected chi connectivity index (χ2v) is 6.79. The Morgan fingerprint density at radius 2 is 2.17 bits per heavy atom. The Bertz CT molecular complexity index is 726. The number of amides is 1. The number of fused-ring (bicyclic) bond motifs is 1. The van der Waals surface area contributed by atoms with Crippen molar-refractivity contribution in [3.8, 4) is 5.75 Å². The van der Waals surface area contributed by atoms with Crippen molar-refractivity contribution in [2.45, 2.75) is 38.8 Å². The lowest BCUT2D eigenvalue weighted by Crippen LogP contribution is -2.48. The molecule has 29 heavy (non-hydrogen) atoms. The number of halogens is 2. The number of nitrogens with two attached hydrogens (primary N) is 1. The van der Waals surface area contributed by atoms with Crippen LogP contribution in [0.25, 0.3) is 0 Å². The van der Waals surface area contributed by atoms with Crippen molar-refractivity contribution >= 4 is 36.0 Å². The molecule has 8 nitrogen and oxygen atoms in total. The van der Waals surface area contributed by atoms with Gasteiger partial charge in [0.1, 0.15) is 11.6 Å². The first-order valence-corrected chi connectivity index (χ1v) is 9.56. The average Bonchev–Trinajstić information content (AvgIpc) is 2.68. The molecular formula is C19H28FIN4O4. The van der Waals surface area contributed by atoms with Gasteiger partial charge in [0.15, 0.2) is 12.8 Å². The summed E-state index contributed by atoms with van der Waals surface area (Å²) in [6.07, 6.45) is 1.80. The van der Waals surface area contributed by atoms with E-state index in [0.29, 0.717) is 56.5 Å². The third-order valence-electron chi connectivity index (χ3n) is 4.79. The molecule has 0 bridgehead atoms. The van der Waals surface area contributed by atoms with Crippen molar-refractivity contribution in [1.82, 2.24) is 10.2 Å². The average molecular weight is 522 g/mol. The van der Waals surface area contributed by atoms with Crippen LogP contribution in [0.4, 0.5) is 9.18 Å². The van der Waals surface area contributed by atoms with Crippen LogP contribution in [0.1, 0.15) is 30.9 Å². The van der Waals surface area contributed by atoms with Crippen LogP contribution in [0.2, 0.25) is 0 Å². The molecule has 10 heteroatoms. The molecule has 0 radical (unpaired) electrons. The number of ether oxygens (including phenoxy) is 3. The zero-order valence-corrected chi connectivity index (χ0v) is 18.8. The highest BCUT2D eigenvalue weighted by molar-refractivity contribution is 14.0. The van der Waals surface area contributed by atoms with Crippen molar-refractivity contribution in [2.75, 3.05) is 33.0 Å². The maximum Gasteiger partial charge on any atom is 0.409 e. The number of benzene rings is 1. The summed E-state index contributed by atoms with van der Waals surface area (Å²) in [4.78, 5) is 17.8. The van der Waals surface area contributed by atoms with Gasteiger partial charge in [-0.3, -0.25) is 4.99 Å². The number of nitrogens with zero attached hydrogens (tertiary/aromatic N) is 2. The van der Waals surface area contributed by atoms with Gasteiger partial charge in [-0.2, -0.15) is 0 Å². The second-order valence-electron chi connectivity index (χ2n) is 6.79. The molecule has 1 amide bonds. The molecule has 3 N–H and O–H groups in total. The van der Waals surface area contributed by atoms with Crippen LogP contribution in [0.3, 0.4) is 0 Å². The predicted octanol–water partition coefficient (Wildman–Crippen LogP) is 2.38. The molecule has 1 fully saturated rings. The number of aliphatic imine (C=N–C) groups is 1. The first-order chi connectivity index (χ1) is 13.6. The van der Waals surface area contributed by atoms with E-state index in [1.54, 1.807) is 11.8 Å². The first kappa shape index (κ1) is 23.5. The molecule has 1 aromatic rings. The summed E-state index contributed by atoms with van der Waals surface area (Å²) in [6, 6.07) is 3.06. The van der Waals surface area contributed by atoms with Crippen LogP contribution >= 0.6 is 24.0 Å². The van der Waals surface area contributed by atoms with E-state index in [1.165, 1.54) is 12.1 Å². The third-order valence-corrected chi connectivity index (χ3v) is 4.79. The molecule has 1 saturated heterocycles. The summed E-state index contributed by atoms with van der Waals surface area (Å²) >= 11 is 0. The van der Waals surface area contributed by atoms with Crippen LogP contribution < -0.4 is 15.8 Å². The van der Waals surface area contributed by atoms with Crippen molar-refractivity contribution in [3.63, 3.8) is 0 Å². The highest BCUT2D eigenvalue weighted by Gasteiger charge is 2.23. The van der Waals surface area contributed by atoms with Gasteiger partial charge in [-0.05, 0) is 43.9 Å². The summed E-state index contributed by atoms with van der Waals surface area (Å²) < 4.78 is 29.5. The number of hydrogen-bond donors (Lipinski definition) is 2. The number of carbonyl (C=O) groups is 1. The number of guanidine groups is 1. The van der Waals surface area contributed by atoms with E-state index in [2.05, 4.69) is 10.3 Å². The molecule has 0 unspecified atom stereocenters. The summed E-state index contributed by atoms with van der Waals surface area (Å²) in [5, 5.41) is 3.19. The Kier molecular flexibility index (Phi) is 9.21. The smallest absolute Gasteiger partial charge is 0.409 e. The molecule has 162 valence electrons. The van der Waals surface area contributed by atoms with Crippen molar-refractivity contribution < 1.29 is 23.4 Å². The minimum atomic E-state index is -0.314. The zero-order chi connectivity index (χ0) is 19.9.